The maximum Gasteiger partial charge on any atom is 0.229 e. The highest BCUT2D eigenvalue weighted by molar-refractivity contribution is 9.10. The molecular weight excluding hydrogens is 392 g/mol. The molecule has 1 aromatic carbocycles. The van der Waals surface area contributed by atoms with Gasteiger partial charge in [-0.3, -0.25) is 4.98 Å². The van der Waals surface area contributed by atoms with E-state index in [0.717, 1.165) is 45.5 Å². The van der Waals surface area contributed by atoms with Crippen molar-refractivity contribution in [3.05, 3.63) is 71.2 Å². The minimum Gasteiger partial charge on any atom is -0.369 e. The van der Waals surface area contributed by atoms with Crippen LogP contribution in [0, 0.1) is 0 Å². The van der Waals surface area contributed by atoms with E-state index in [1.807, 2.05) is 42.6 Å². The summed E-state index contributed by atoms with van der Waals surface area (Å²) in [5, 5.41) is 7.72. The Hall–Kier alpha value is -2.93. The third-order valence-corrected chi connectivity index (χ3v) is 4.53. The zero-order valence-corrected chi connectivity index (χ0v) is 15.5. The topological polar surface area (TPSA) is 78.5 Å². The zero-order chi connectivity index (χ0) is 17.8. The van der Waals surface area contributed by atoms with Crippen LogP contribution in [0.2, 0.25) is 0 Å². The fourth-order valence-corrected chi connectivity index (χ4v) is 3.00. The van der Waals surface area contributed by atoms with Gasteiger partial charge in [-0.2, -0.15) is 4.98 Å². The summed E-state index contributed by atoms with van der Waals surface area (Å²) >= 11 is 3.49. The first kappa shape index (κ1) is 16.5. The highest BCUT2D eigenvalue weighted by atomic mass is 79.9. The molecule has 0 spiro atoms. The summed E-state index contributed by atoms with van der Waals surface area (Å²) in [6, 6.07) is 14.0. The van der Waals surface area contributed by atoms with Crippen molar-refractivity contribution >= 4 is 44.3 Å². The summed E-state index contributed by atoms with van der Waals surface area (Å²) in [4.78, 5) is 16.4. The molecule has 0 radical (unpaired) electrons. The quantitative estimate of drug-likeness (QED) is 0.437. The molecule has 0 saturated heterocycles. The van der Waals surface area contributed by atoms with Crippen LogP contribution in [0.4, 0.5) is 17.5 Å². The summed E-state index contributed by atoms with van der Waals surface area (Å²) in [7, 11) is 0. The van der Waals surface area contributed by atoms with E-state index in [2.05, 4.69) is 52.6 Å². The van der Waals surface area contributed by atoms with Crippen LogP contribution in [-0.4, -0.2) is 26.5 Å². The van der Waals surface area contributed by atoms with Crippen molar-refractivity contribution in [2.45, 2.75) is 6.42 Å². The van der Waals surface area contributed by atoms with Gasteiger partial charge >= 0.3 is 0 Å². The minimum atomic E-state index is 0.545. The molecule has 26 heavy (non-hydrogen) atoms. The number of aromatic amines is 1. The summed E-state index contributed by atoms with van der Waals surface area (Å²) in [5.41, 5.74) is 3.09. The molecule has 0 bridgehead atoms. The van der Waals surface area contributed by atoms with Gasteiger partial charge in [-0.25, -0.2) is 4.98 Å². The molecule has 3 N–H and O–H groups in total. The third-order valence-electron chi connectivity index (χ3n) is 3.95. The lowest BCUT2D eigenvalue weighted by Crippen LogP contribution is -2.09. The van der Waals surface area contributed by atoms with Crippen molar-refractivity contribution in [3.8, 4) is 0 Å². The largest absolute Gasteiger partial charge is 0.369 e. The molecule has 4 rings (SSSR count). The summed E-state index contributed by atoms with van der Waals surface area (Å²) in [5.74, 6) is 1.30. The lowest BCUT2D eigenvalue weighted by molar-refractivity contribution is 0.949. The Morgan fingerprint density at radius 2 is 2.04 bits per heavy atom. The van der Waals surface area contributed by atoms with Gasteiger partial charge in [-0.1, -0.05) is 6.07 Å². The fraction of sp³-hybridized carbons (Fsp3) is 0.105. The Morgan fingerprint density at radius 1 is 1.08 bits per heavy atom. The maximum atomic E-state index is 4.56. The Bertz CT molecular complexity index is 1010. The van der Waals surface area contributed by atoms with Crippen molar-refractivity contribution in [2.75, 3.05) is 17.2 Å². The SMILES string of the molecule is Brc1cnc(Nc2ccc3[nH]ccc3c2)nc1NCCc1ccccn1. The van der Waals surface area contributed by atoms with E-state index in [0.29, 0.717) is 5.95 Å². The molecule has 4 aromatic rings. The molecule has 3 aromatic heterocycles. The second-order valence-corrected chi connectivity index (χ2v) is 6.65. The number of hydrogen-bond acceptors (Lipinski definition) is 5. The second kappa shape index (κ2) is 7.53. The standard InChI is InChI=1S/C19H17BrN6/c20-16-12-24-19(25-15-4-5-17-13(11-15)6-9-22-17)26-18(16)23-10-7-14-3-1-2-8-21-14/h1-6,8-9,11-12,22H,7,10H2,(H2,23,24,25,26). The molecule has 130 valence electrons. The van der Waals surface area contributed by atoms with Crippen LogP contribution >= 0.6 is 15.9 Å². The van der Waals surface area contributed by atoms with Gasteiger partial charge in [0.1, 0.15) is 5.82 Å². The normalized spacial score (nSPS) is 10.8. The zero-order valence-electron chi connectivity index (χ0n) is 13.9. The smallest absolute Gasteiger partial charge is 0.229 e. The molecule has 0 amide bonds. The van der Waals surface area contributed by atoms with Crippen LogP contribution in [0.3, 0.4) is 0 Å². The van der Waals surface area contributed by atoms with E-state index < -0.39 is 0 Å². The molecular formula is C19H17BrN6. The highest BCUT2D eigenvalue weighted by Crippen LogP contribution is 2.23. The van der Waals surface area contributed by atoms with Crippen LogP contribution in [0.1, 0.15) is 5.69 Å². The number of nitrogens with one attached hydrogen (secondary N) is 3. The minimum absolute atomic E-state index is 0.545. The van der Waals surface area contributed by atoms with Gasteiger partial charge in [0.25, 0.3) is 0 Å². The van der Waals surface area contributed by atoms with Crippen LogP contribution in [0.15, 0.2) is 65.5 Å². The van der Waals surface area contributed by atoms with Crippen LogP contribution in [0.5, 0.6) is 0 Å². The molecule has 0 aliphatic heterocycles. The van der Waals surface area contributed by atoms with Crippen LogP contribution in [0.25, 0.3) is 10.9 Å². The van der Waals surface area contributed by atoms with Crippen LogP contribution < -0.4 is 10.6 Å². The number of H-pyrrole nitrogens is 1. The number of hydrogen-bond donors (Lipinski definition) is 3. The fourth-order valence-electron chi connectivity index (χ4n) is 2.67. The monoisotopic (exact) mass is 408 g/mol. The van der Waals surface area contributed by atoms with E-state index in [1.165, 1.54) is 0 Å². The molecule has 0 aliphatic carbocycles. The number of benzene rings is 1. The number of fused-ring (bicyclic) bond motifs is 1. The second-order valence-electron chi connectivity index (χ2n) is 5.79. The average molecular weight is 409 g/mol. The first-order valence-electron chi connectivity index (χ1n) is 8.28. The van der Waals surface area contributed by atoms with Crippen molar-refractivity contribution in [2.24, 2.45) is 0 Å². The van der Waals surface area contributed by atoms with E-state index in [1.54, 1.807) is 12.4 Å². The van der Waals surface area contributed by atoms with Gasteiger partial charge in [-0.15, -0.1) is 0 Å². The van der Waals surface area contributed by atoms with E-state index >= 15 is 0 Å². The van der Waals surface area contributed by atoms with Gasteiger partial charge < -0.3 is 15.6 Å². The van der Waals surface area contributed by atoms with Crippen molar-refractivity contribution in [1.82, 2.24) is 19.9 Å². The molecule has 0 atom stereocenters. The van der Waals surface area contributed by atoms with Gasteiger partial charge in [-0.05, 0) is 52.3 Å². The molecule has 0 unspecified atom stereocenters. The first-order chi connectivity index (χ1) is 12.8. The molecule has 3 heterocycles. The Kier molecular flexibility index (Phi) is 4.79. The van der Waals surface area contributed by atoms with Gasteiger partial charge in [0.2, 0.25) is 5.95 Å². The molecule has 0 aliphatic rings. The molecule has 6 nitrogen and oxygen atoms in total. The summed E-state index contributed by atoms with van der Waals surface area (Å²) < 4.78 is 0.824. The molecule has 0 fully saturated rings. The lowest BCUT2D eigenvalue weighted by Gasteiger charge is -2.10. The van der Waals surface area contributed by atoms with Gasteiger partial charge in [0.05, 0.1) is 4.47 Å². The highest BCUT2D eigenvalue weighted by Gasteiger charge is 2.06. The van der Waals surface area contributed by atoms with Crippen molar-refractivity contribution < 1.29 is 0 Å². The predicted octanol–water partition coefficient (Wildman–Crippen LogP) is 4.51. The van der Waals surface area contributed by atoms with Gasteiger partial charge in [0.15, 0.2) is 0 Å². The number of nitrogens with zero attached hydrogens (tertiary/aromatic N) is 3. The van der Waals surface area contributed by atoms with Crippen molar-refractivity contribution in [1.29, 1.82) is 0 Å². The number of pyridine rings is 1. The Labute approximate surface area is 159 Å². The average Bonchev–Trinajstić information content (AvgIpc) is 3.13. The van der Waals surface area contributed by atoms with E-state index in [-0.39, 0.29) is 0 Å². The number of halogens is 1. The Morgan fingerprint density at radius 3 is 2.92 bits per heavy atom. The van der Waals surface area contributed by atoms with Gasteiger partial charge in [0, 0.05) is 53.8 Å². The Balaban J connectivity index is 1.45. The predicted molar refractivity (Wildman–Crippen MR) is 108 cm³/mol. The number of aromatic nitrogens is 4. The lowest BCUT2D eigenvalue weighted by atomic mass is 10.2. The molecule has 0 saturated carbocycles. The third kappa shape index (κ3) is 3.83. The molecule has 7 heteroatoms. The number of anilines is 3. The van der Waals surface area contributed by atoms with E-state index in [9.17, 15) is 0 Å². The first-order valence-corrected chi connectivity index (χ1v) is 9.08. The summed E-state index contributed by atoms with van der Waals surface area (Å²) in [6.45, 7) is 0.737. The van der Waals surface area contributed by atoms with Crippen molar-refractivity contribution in [3.63, 3.8) is 0 Å². The summed E-state index contributed by atoms with van der Waals surface area (Å²) in [6.07, 6.45) is 6.30. The maximum absolute atomic E-state index is 4.56. The van der Waals surface area contributed by atoms with E-state index in [4.69, 9.17) is 0 Å². The number of rotatable bonds is 6. The van der Waals surface area contributed by atoms with Crippen LogP contribution in [-0.2, 0) is 6.42 Å².